The molecule has 1 aliphatic rings. The fourth-order valence-corrected chi connectivity index (χ4v) is 2.59. The average molecular weight is 205 g/mol. The summed E-state index contributed by atoms with van der Waals surface area (Å²) >= 11 is 0. The molecule has 0 spiro atoms. The zero-order valence-corrected chi connectivity index (χ0v) is 9.92. The van der Waals surface area contributed by atoms with Crippen LogP contribution in [-0.4, -0.2) is 20.2 Å². The number of benzene rings is 1. The smallest absolute Gasteiger partial charge is 0.119 e. The number of nitrogens with one attached hydrogen (secondary N) is 1. The highest BCUT2D eigenvalue weighted by molar-refractivity contribution is 5.45. The summed E-state index contributed by atoms with van der Waals surface area (Å²) in [6.45, 7) is 4.58. The molecule has 0 bridgehead atoms. The molecule has 0 amide bonds. The molecule has 1 aromatic carbocycles. The van der Waals surface area contributed by atoms with Crippen molar-refractivity contribution in [2.24, 2.45) is 0 Å². The van der Waals surface area contributed by atoms with Gasteiger partial charge in [0, 0.05) is 11.5 Å². The van der Waals surface area contributed by atoms with E-state index in [2.05, 4.69) is 31.3 Å². The van der Waals surface area contributed by atoms with E-state index >= 15 is 0 Å². The standard InChI is InChI=1S/C13H19NO/c1-13(2)11-8-10(15-4)6-5-9(11)7-12(13)14-3/h5-6,8,12,14H,7H2,1-4H3. The summed E-state index contributed by atoms with van der Waals surface area (Å²) in [5, 5.41) is 3.40. The molecule has 2 rings (SSSR count). The molecule has 1 aromatic rings. The third kappa shape index (κ3) is 1.53. The van der Waals surface area contributed by atoms with Crippen LogP contribution in [0.15, 0.2) is 18.2 Å². The maximum Gasteiger partial charge on any atom is 0.119 e. The van der Waals surface area contributed by atoms with Crippen molar-refractivity contribution in [1.29, 1.82) is 0 Å². The lowest BCUT2D eigenvalue weighted by Crippen LogP contribution is -2.39. The number of fused-ring (bicyclic) bond motifs is 1. The summed E-state index contributed by atoms with van der Waals surface area (Å²) in [6, 6.07) is 6.94. The monoisotopic (exact) mass is 205 g/mol. The van der Waals surface area contributed by atoms with Crippen molar-refractivity contribution in [1.82, 2.24) is 5.32 Å². The Labute approximate surface area is 91.6 Å². The summed E-state index contributed by atoms with van der Waals surface area (Å²) < 4.78 is 5.28. The van der Waals surface area contributed by atoms with E-state index in [9.17, 15) is 0 Å². The minimum absolute atomic E-state index is 0.193. The predicted octanol–water partition coefficient (Wildman–Crippen LogP) is 2.12. The number of hydrogen-bond acceptors (Lipinski definition) is 2. The topological polar surface area (TPSA) is 21.3 Å². The van der Waals surface area contributed by atoms with E-state index in [1.165, 1.54) is 11.1 Å². The second kappa shape index (κ2) is 3.53. The van der Waals surface area contributed by atoms with Crippen LogP contribution in [0.4, 0.5) is 0 Å². The van der Waals surface area contributed by atoms with Gasteiger partial charge in [0.05, 0.1) is 7.11 Å². The zero-order valence-electron chi connectivity index (χ0n) is 9.92. The van der Waals surface area contributed by atoms with E-state index in [1.54, 1.807) is 7.11 Å². The lowest BCUT2D eigenvalue weighted by molar-refractivity contribution is 0.386. The Morgan fingerprint density at radius 3 is 2.73 bits per heavy atom. The molecule has 2 nitrogen and oxygen atoms in total. The SMILES string of the molecule is CNC1Cc2ccc(OC)cc2C1(C)C. The van der Waals surface area contributed by atoms with Crippen LogP contribution in [-0.2, 0) is 11.8 Å². The van der Waals surface area contributed by atoms with E-state index in [-0.39, 0.29) is 5.41 Å². The first-order valence-corrected chi connectivity index (χ1v) is 5.44. The largest absolute Gasteiger partial charge is 0.497 e. The molecular formula is C13H19NO. The number of ether oxygens (including phenoxy) is 1. The Morgan fingerprint density at radius 1 is 1.40 bits per heavy atom. The summed E-state index contributed by atoms with van der Waals surface area (Å²) in [5.74, 6) is 0.957. The molecule has 0 saturated carbocycles. The summed E-state index contributed by atoms with van der Waals surface area (Å²) in [4.78, 5) is 0. The van der Waals surface area contributed by atoms with Gasteiger partial charge in [-0.1, -0.05) is 19.9 Å². The molecule has 1 unspecified atom stereocenters. The van der Waals surface area contributed by atoms with Gasteiger partial charge in [-0.25, -0.2) is 0 Å². The minimum atomic E-state index is 0.193. The molecule has 82 valence electrons. The lowest BCUT2D eigenvalue weighted by atomic mass is 9.83. The van der Waals surface area contributed by atoms with Crippen molar-refractivity contribution in [2.45, 2.75) is 31.7 Å². The van der Waals surface area contributed by atoms with Crippen LogP contribution in [0.3, 0.4) is 0 Å². The molecule has 0 aromatic heterocycles. The molecule has 1 atom stereocenters. The third-order valence-electron chi connectivity index (χ3n) is 3.65. The van der Waals surface area contributed by atoms with E-state index in [0.29, 0.717) is 6.04 Å². The van der Waals surface area contributed by atoms with Crippen molar-refractivity contribution < 1.29 is 4.74 Å². The van der Waals surface area contributed by atoms with Crippen LogP contribution in [0, 0.1) is 0 Å². The normalized spacial score (nSPS) is 22.5. The van der Waals surface area contributed by atoms with E-state index < -0.39 is 0 Å². The molecule has 0 fully saturated rings. The second-order valence-corrected chi connectivity index (χ2v) is 4.79. The van der Waals surface area contributed by atoms with Gasteiger partial charge >= 0.3 is 0 Å². The quantitative estimate of drug-likeness (QED) is 0.798. The Morgan fingerprint density at radius 2 is 2.13 bits per heavy atom. The van der Waals surface area contributed by atoms with Gasteiger partial charge in [0.1, 0.15) is 5.75 Å². The number of methoxy groups -OCH3 is 1. The van der Waals surface area contributed by atoms with Gasteiger partial charge in [-0.3, -0.25) is 0 Å². The molecule has 0 heterocycles. The molecule has 0 saturated heterocycles. The summed E-state index contributed by atoms with van der Waals surface area (Å²) in [5.41, 5.74) is 3.06. The predicted molar refractivity (Wildman–Crippen MR) is 62.6 cm³/mol. The Balaban J connectivity index is 2.46. The zero-order chi connectivity index (χ0) is 11.1. The first-order chi connectivity index (χ1) is 7.09. The van der Waals surface area contributed by atoms with Gasteiger partial charge < -0.3 is 10.1 Å². The maximum atomic E-state index is 5.28. The van der Waals surface area contributed by atoms with Crippen LogP contribution in [0.2, 0.25) is 0 Å². The summed E-state index contributed by atoms with van der Waals surface area (Å²) in [7, 11) is 3.76. The van der Waals surface area contributed by atoms with Crippen LogP contribution >= 0.6 is 0 Å². The van der Waals surface area contributed by atoms with Crippen molar-refractivity contribution in [3.8, 4) is 5.75 Å². The molecule has 15 heavy (non-hydrogen) atoms. The highest BCUT2D eigenvalue weighted by Gasteiger charge is 2.38. The van der Waals surface area contributed by atoms with Crippen molar-refractivity contribution in [3.63, 3.8) is 0 Å². The minimum Gasteiger partial charge on any atom is -0.497 e. The number of rotatable bonds is 2. The maximum absolute atomic E-state index is 5.28. The summed E-state index contributed by atoms with van der Waals surface area (Å²) in [6.07, 6.45) is 1.11. The first-order valence-electron chi connectivity index (χ1n) is 5.44. The molecule has 2 heteroatoms. The van der Waals surface area contributed by atoms with Crippen LogP contribution in [0.5, 0.6) is 5.75 Å². The molecule has 0 aliphatic heterocycles. The highest BCUT2D eigenvalue weighted by Crippen LogP contribution is 2.40. The Bertz CT molecular complexity index is 371. The second-order valence-electron chi connectivity index (χ2n) is 4.79. The van der Waals surface area contributed by atoms with Crippen LogP contribution < -0.4 is 10.1 Å². The van der Waals surface area contributed by atoms with Crippen molar-refractivity contribution in [2.75, 3.05) is 14.2 Å². The third-order valence-corrected chi connectivity index (χ3v) is 3.65. The lowest BCUT2D eigenvalue weighted by Gasteiger charge is -2.28. The Hall–Kier alpha value is -1.02. The molecular weight excluding hydrogens is 186 g/mol. The number of hydrogen-bond donors (Lipinski definition) is 1. The molecule has 1 aliphatic carbocycles. The van der Waals surface area contributed by atoms with E-state index in [1.807, 2.05) is 13.1 Å². The fourth-order valence-electron chi connectivity index (χ4n) is 2.59. The fraction of sp³-hybridized carbons (Fsp3) is 0.538. The van der Waals surface area contributed by atoms with Gasteiger partial charge in [0.15, 0.2) is 0 Å². The first kappa shape index (κ1) is 10.5. The average Bonchev–Trinajstić information content (AvgIpc) is 2.50. The van der Waals surface area contributed by atoms with Crippen LogP contribution in [0.1, 0.15) is 25.0 Å². The van der Waals surface area contributed by atoms with Gasteiger partial charge in [0.2, 0.25) is 0 Å². The van der Waals surface area contributed by atoms with Crippen LogP contribution in [0.25, 0.3) is 0 Å². The van der Waals surface area contributed by atoms with E-state index in [4.69, 9.17) is 4.74 Å². The molecule has 0 radical (unpaired) electrons. The van der Waals surface area contributed by atoms with E-state index in [0.717, 1.165) is 12.2 Å². The van der Waals surface area contributed by atoms with Gasteiger partial charge in [-0.2, -0.15) is 0 Å². The molecule has 1 N–H and O–H groups in total. The van der Waals surface area contributed by atoms with Gasteiger partial charge in [0.25, 0.3) is 0 Å². The van der Waals surface area contributed by atoms with Gasteiger partial charge in [-0.05, 0) is 36.7 Å². The van der Waals surface area contributed by atoms with Crippen molar-refractivity contribution >= 4 is 0 Å². The van der Waals surface area contributed by atoms with Crippen molar-refractivity contribution in [3.05, 3.63) is 29.3 Å². The number of likely N-dealkylation sites (N-methyl/N-ethyl adjacent to an activating group) is 1. The van der Waals surface area contributed by atoms with Gasteiger partial charge in [-0.15, -0.1) is 0 Å². The Kier molecular flexibility index (Phi) is 2.47. The highest BCUT2D eigenvalue weighted by atomic mass is 16.5.